The molecule has 0 heterocycles. The number of nitrogen functional groups attached to an aromatic ring is 1. The highest BCUT2D eigenvalue weighted by Crippen LogP contribution is 2.51. The fourth-order valence-corrected chi connectivity index (χ4v) is 5.12. The van der Waals surface area contributed by atoms with E-state index in [4.69, 9.17) is 25.9 Å². The molecule has 0 aliphatic rings. The van der Waals surface area contributed by atoms with E-state index in [1.54, 1.807) is 54.6 Å². The normalized spacial score (nSPS) is 11.7. The van der Waals surface area contributed by atoms with Crippen molar-refractivity contribution < 1.29 is 32.7 Å². The molecule has 0 bridgehead atoms. The third-order valence-electron chi connectivity index (χ3n) is 5.54. The van der Waals surface area contributed by atoms with E-state index in [0.29, 0.717) is 47.6 Å². The van der Waals surface area contributed by atoms with Crippen molar-refractivity contribution in [1.82, 2.24) is 5.32 Å². The van der Waals surface area contributed by atoms with Gasteiger partial charge in [-0.3, -0.25) is 9.59 Å². The minimum atomic E-state index is -4.03. The maximum Gasteiger partial charge on any atom is 0.434 e. The van der Waals surface area contributed by atoms with Crippen LogP contribution in [0.3, 0.4) is 0 Å². The fourth-order valence-electron chi connectivity index (χ4n) is 3.68. The highest BCUT2D eigenvalue weighted by molar-refractivity contribution is 7.54. The van der Waals surface area contributed by atoms with E-state index in [9.17, 15) is 18.9 Å². The zero-order valence-electron chi connectivity index (χ0n) is 23.3. The number of anilines is 3. The molecule has 12 heteroatoms. The van der Waals surface area contributed by atoms with Crippen molar-refractivity contribution in [2.45, 2.75) is 26.7 Å². The van der Waals surface area contributed by atoms with Crippen LogP contribution in [-0.4, -0.2) is 37.2 Å². The summed E-state index contributed by atoms with van der Waals surface area (Å²) < 4.78 is 31.3. The highest BCUT2D eigenvalue weighted by Gasteiger charge is 2.30. The van der Waals surface area contributed by atoms with Crippen LogP contribution in [0.15, 0.2) is 66.7 Å². The second kappa shape index (κ2) is 15.2. The van der Waals surface area contributed by atoms with Gasteiger partial charge >= 0.3 is 13.7 Å². The van der Waals surface area contributed by atoms with E-state index in [1.165, 1.54) is 26.0 Å². The van der Waals surface area contributed by atoms with Crippen molar-refractivity contribution in [2.24, 2.45) is 0 Å². The van der Waals surface area contributed by atoms with Gasteiger partial charge in [0.05, 0.1) is 0 Å². The van der Waals surface area contributed by atoms with Crippen molar-refractivity contribution in [3.8, 4) is 35.0 Å². The van der Waals surface area contributed by atoms with Crippen LogP contribution in [0.25, 0.3) is 11.1 Å². The molecule has 0 aliphatic carbocycles. The van der Waals surface area contributed by atoms with Gasteiger partial charge in [0, 0.05) is 49.4 Å². The summed E-state index contributed by atoms with van der Waals surface area (Å²) in [6, 6.07) is 18.0. The van der Waals surface area contributed by atoms with Gasteiger partial charge in [0.25, 0.3) is 0 Å². The molecule has 0 radical (unpaired) electrons. The number of terminal acetylenes is 1. The lowest BCUT2D eigenvalue weighted by molar-refractivity contribution is -0.115. The number of nitrogens with two attached hydrogens (primary N) is 1. The van der Waals surface area contributed by atoms with Crippen LogP contribution in [0.4, 0.5) is 21.9 Å². The number of hydrogen-bond acceptors (Lipinski definition) is 8. The fraction of sp³-hybridized carbons (Fsp3) is 0.233. The van der Waals surface area contributed by atoms with Crippen molar-refractivity contribution in [3.63, 3.8) is 0 Å². The molecular formula is C30H33N4O7P. The Morgan fingerprint density at radius 1 is 0.905 bits per heavy atom. The molecule has 220 valence electrons. The van der Waals surface area contributed by atoms with E-state index in [1.807, 2.05) is 0 Å². The highest BCUT2D eigenvalue weighted by atomic mass is 31.2. The van der Waals surface area contributed by atoms with E-state index in [2.05, 4.69) is 21.9 Å². The van der Waals surface area contributed by atoms with Gasteiger partial charge in [-0.05, 0) is 66.6 Å². The van der Waals surface area contributed by atoms with Crippen LogP contribution >= 0.6 is 7.60 Å². The molecule has 1 unspecified atom stereocenters. The second-order valence-corrected chi connectivity index (χ2v) is 11.1. The first-order valence-electron chi connectivity index (χ1n) is 13.0. The van der Waals surface area contributed by atoms with E-state index in [0.717, 1.165) is 0 Å². The van der Waals surface area contributed by atoms with Gasteiger partial charge in [-0.25, -0.2) is 9.36 Å². The Kier molecular flexibility index (Phi) is 11.4. The largest absolute Gasteiger partial charge is 0.449 e. The predicted octanol–water partition coefficient (Wildman–Crippen LogP) is 5.64. The number of benzene rings is 3. The zero-order chi connectivity index (χ0) is 30.5. The Balaban J connectivity index is 1.89. The summed E-state index contributed by atoms with van der Waals surface area (Å²) in [4.78, 5) is 35.1. The summed E-state index contributed by atoms with van der Waals surface area (Å²) in [7, 11) is -4.03. The van der Waals surface area contributed by atoms with Crippen LogP contribution < -0.4 is 30.7 Å². The Morgan fingerprint density at radius 3 is 2.19 bits per heavy atom. The van der Waals surface area contributed by atoms with Gasteiger partial charge < -0.3 is 35.5 Å². The molecule has 0 fully saturated rings. The lowest BCUT2D eigenvalue weighted by Gasteiger charge is -2.22. The average Bonchev–Trinajstić information content (AvgIpc) is 2.93. The number of hydrogen-bond donors (Lipinski definition) is 4. The molecule has 11 nitrogen and oxygen atoms in total. The van der Waals surface area contributed by atoms with Gasteiger partial charge in [-0.2, -0.15) is 0 Å². The maximum absolute atomic E-state index is 14.2. The Bertz CT molecular complexity index is 1480. The first-order chi connectivity index (χ1) is 20.1. The monoisotopic (exact) mass is 592 g/mol. The second-order valence-electron chi connectivity index (χ2n) is 9.11. The van der Waals surface area contributed by atoms with Gasteiger partial charge in [0.1, 0.15) is 24.3 Å². The third-order valence-corrected chi connectivity index (χ3v) is 7.24. The molecule has 42 heavy (non-hydrogen) atoms. The molecule has 0 aromatic heterocycles. The van der Waals surface area contributed by atoms with Crippen LogP contribution in [-0.2, 0) is 18.9 Å². The maximum atomic E-state index is 14.2. The summed E-state index contributed by atoms with van der Waals surface area (Å²) >= 11 is 0. The predicted molar refractivity (Wildman–Crippen MR) is 162 cm³/mol. The topological polar surface area (TPSA) is 158 Å². The molecule has 0 aliphatic heterocycles. The first kappa shape index (κ1) is 31.6. The van der Waals surface area contributed by atoms with Crippen LogP contribution in [0.5, 0.6) is 11.5 Å². The van der Waals surface area contributed by atoms with E-state index >= 15 is 0 Å². The lowest BCUT2D eigenvalue weighted by Crippen LogP contribution is -2.26. The summed E-state index contributed by atoms with van der Waals surface area (Å²) in [5.74, 6) is 2.38. The Labute approximate surface area is 244 Å². The number of unbranched alkanes of at least 4 members (excludes halogenated alkanes) is 1. The quantitative estimate of drug-likeness (QED) is 0.0859. The number of ether oxygens (including phenoxy) is 1. The molecule has 0 saturated heterocycles. The summed E-state index contributed by atoms with van der Waals surface area (Å²) in [6.45, 7) is 2.83. The number of carbonyl (C=O) groups excluding carboxylic acids is 3. The van der Waals surface area contributed by atoms with Gasteiger partial charge in [-0.1, -0.05) is 12.1 Å². The molecule has 3 aromatic rings. The third kappa shape index (κ3) is 10.2. The van der Waals surface area contributed by atoms with Crippen molar-refractivity contribution in [1.29, 1.82) is 0 Å². The summed E-state index contributed by atoms with van der Waals surface area (Å²) in [5.41, 5.74) is 8.62. The van der Waals surface area contributed by atoms with Crippen molar-refractivity contribution >= 4 is 42.6 Å². The standard InChI is InChI=1S/C30H33N4O7P/c1-4-5-6-17-32-30(37)39-18-19-42(38,40-27-14-11-25(12-15-27)33-21(2)35)41-29-16-13-26(34-22(3)36)20-28(29)23-7-9-24(31)10-8-23/h1,7-16,20H,5-6,17-19,31H2,2-3H3,(H,32,37)(H,33,35)(H,34,36). The zero-order valence-corrected chi connectivity index (χ0v) is 24.2. The number of alkyl carbamates (subject to hydrolysis) is 1. The van der Waals surface area contributed by atoms with Crippen molar-refractivity contribution in [3.05, 3.63) is 66.7 Å². The minimum absolute atomic E-state index is 0.200. The van der Waals surface area contributed by atoms with Crippen LogP contribution in [0.2, 0.25) is 0 Å². The van der Waals surface area contributed by atoms with Gasteiger partial charge in [0.2, 0.25) is 11.8 Å². The molecule has 0 saturated carbocycles. The number of amides is 3. The van der Waals surface area contributed by atoms with E-state index in [-0.39, 0.29) is 36.1 Å². The molecule has 0 spiro atoms. The number of rotatable bonds is 13. The molecule has 1 atom stereocenters. The molecular weight excluding hydrogens is 559 g/mol. The smallest absolute Gasteiger partial charge is 0.434 e. The van der Waals surface area contributed by atoms with Crippen LogP contribution in [0, 0.1) is 12.3 Å². The first-order valence-corrected chi connectivity index (χ1v) is 14.8. The summed E-state index contributed by atoms with van der Waals surface area (Å²) in [6.07, 6.45) is 5.34. The number of nitrogens with one attached hydrogen (secondary N) is 3. The lowest BCUT2D eigenvalue weighted by atomic mass is 10.0. The van der Waals surface area contributed by atoms with Crippen LogP contribution in [0.1, 0.15) is 26.7 Å². The minimum Gasteiger partial charge on any atom is -0.449 e. The van der Waals surface area contributed by atoms with Crippen molar-refractivity contribution in [2.75, 3.05) is 35.7 Å². The van der Waals surface area contributed by atoms with Gasteiger partial charge in [0.15, 0.2) is 0 Å². The van der Waals surface area contributed by atoms with E-state index < -0.39 is 13.7 Å². The molecule has 3 amide bonds. The van der Waals surface area contributed by atoms with Gasteiger partial charge in [-0.15, -0.1) is 12.3 Å². The molecule has 3 rings (SSSR count). The SMILES string of the molecule is C#CCCCNC(=O)OCCP(=O)(Oc1ccc(NC(C)=O)cc1)Oc1ccc(NC(C)=O)cc1-c1ccc(N)cc1. The molecule has 5 N–H and O–H groups in total. The Morgan fingerprint density at radius 2 is 1.55 bits per heavy atom. The average molecular weight is 593 g/mol. The number of carbonyl (C=O) groups is 3. The Hall–Kier alpha value is -4.94. The summed E-state index contributed by atoms with van der Waals surface area (Å²) in [5, 5.41) is 7.94. The molecule has 3 aromatic carbocycles.